The third-order valence-corrected chi connectivity index (χ3v) is 4.64. The molecule has 21 heavy (non-hydrogen) atoms. The summed E-state index contributed by atoms with van der Waals surface area (Å²) in [6.07, 6.45) is 4.74. The number of imidazole rings is 1. The van der Waals surface area contributed by atoms with Crippen LogP contribution in [0.15, 0.2) is 18.2 Å². The van der Waals surface area contributed by atoms with Gasteiger partial charge in [-0.2, -0.15) is 0 Å². The standard InChI is InChI=1S/C17H25N3O/c1-13-18-15-11-14(7-8-16(15)19(13)2)17(21)12-20-9-5-3-4-6-10-20/h7-8,11,17,21H,3-6,9-10,12H2,1-2H3. The van der Waals surface area contributed by atoms with Gasteiger partial charge in [-0.05, 0) is 50.6 Å². The fourth-order valence-corrected chi connectivity index (χ4v) is 3.21. The van der Waals surface area contributed by atoms with Gasteiger partial charge in [0.1, 0.15) is 5.82 Å². The maximum atomic E-state index is 10.5. The minimum atomic E-state index is -0.421. The number of rotatable bonds is 3. The lowest BCUT2D eigenvalue weighted by Crippen LogP contribution is -2.29. The number of aryl methyl sites for hydroxylation is 2. The van der Waals surface area contributed by atoms with Gasteiger partial charge in [-0.1, -0.05) is 18.9 Å². The van der Waals surface area contributed by atoms with Crippen molar-refractivity contribution in [3.05, 3.63) is 29.6 Å². The van der Waals surface area contributed by atoms with Crippen LogP contribution in [-0.2, 0) is 7.05 Å². The van der Waals surface area contributed by atoms with Crippen molar-refractivity contribution in [1.29, 1.82) is 0 Å². The van der Waals surface area contributed by atoms with E-state index in [9.17, 15) is 5.11 Å². The normalized spacial score (nSPS) is 18.8. The van der Waals surface area contributed by atoms with Gasteiger partial charge < -0.3 is 14.6 Å². The molecule has 0 saturated carbocycles. The Balaban J connectivity index is 1.76. The van der Waals surface area contributed by atoms with Crippen molar-refractivity contribution in [2.75, 3.05) is 19.6 Å². The molecule has 1 atom stereocenters. The topological polar surface area (TPSA) is 41.3 Å². The van der Waals surface area contributed by atoms with Crippen molar-refractivity contribution in [3.8, 4) is 0 Å². The summed E-state index contributed by atoms with van der Waals surface area (Å²) in [7, 11) is 2.03. The molecule has 1 aromatic heterocycles. The van der Waals surface area contributed by atoms with E-state index in [1.54, 1.807) is 0 Å². The van der Waals surface area contributed by atoms with E-state index in [-0.39, 0.29) is 0 Å². The zero-order valence-electron chi connectivity index (χ0n) is 13.0. The van der Waals surface area contributed by atoms with Crippen LogP contribution >= 0.6 is 0 Å². The lowest BCUT2D eigenvalue weighted by molar-refractivity contribution is 0.115. The maximum Gasteiger partial charge on any atom is 0.106 e. The van der Waals surface area contributed by atoms with Crippen molar-refractivity contribution in [2.45, 2.75) is 38.7 Å². The number of benzene rings is 1. The Hall–Kier alpha value is -1.39. The first kappa shape index (κ1) is 14.5. The van der Waals surface area contributed by atoms with E-state index in [1.165, 1.54) is 25.7 Å². The molecule has 1 aliphatic heterocycles. The zero-order valence-corrected chi connectivity index (χ0v) is 13.0. The molecule has 0 bridgehead atoms. The number of aliphatic hydroxyl groups excluding tert-OH is 1. The molecule has 4 nitrogen and oxygen atoms in total. The van der Waals surface area contributed by atoms with Gasteiger partial charge in [-0.25, -0.2) is 4.98 Å². The highest BCUT2D eigenvalue weighted by atomic mass is 16.3. The minimum Gasteiger partial charge on any atom is -0.387 e. The Labute approximate surface area is 126 Å². The second-order valence-corrected chi connectivity index (χ2v) is 6.20. The van der Waals surface area contributed by atoms with E-state index in [4.69, 9.17) is 0 Å². The van der Waals surface area contributed by atoms with Crippen LogP contribution in [0.3, 0.4) is 0 Å². The molecule has 1 fully saturated rings. The summed E-state index contributed by atoms with van der Waals surface area (Å²) < 4.78 is 2.08. The summed E-state index contributed by atoms with van der Waals surface area (Å²) in [6.45, 7) is 4.97. The molecule has 0 radical (unpaired) electrons. The molecule has 1 aliphatic rings. The summed E-state index contributed by atoms with van der Waals surface area (Å²) in [4.78, 5) is 6.95. The van der Waals surface area contributed by atoms with Crippen molar-refractivity contribution >= 4 is 11.0 Å². The van der Waals surface area contributed by atoms with Crippen LogP contribution in [0.5, 0.6) is 0 Å². The molecular formula is C17H25N3O. The highest BCUT2D eigenvalue weighted by molar-refractivity contribution is 5.76. The second-order valence-electron chi connectivity index (χ2n) is 6.20. The molecule has 1 saturated heterocycles. The molecular weight excluding hydrogens is 262 g/mol. The molecule has 2 aromatic rings. The predicted molar refractivity (Wildman–Crippen MR) is 85.3 cm³/mol. The van der Waals surface area contributed by atoms with E-state index in [1.807, 2.05) is 26.1 Å². The number of likely N-dealkylation sites (tertiary alicyclic amines) is 1. The Kier molecular flexibility index (Phi) is 4.27. The number of fused-ring (bicyclic) bond motifs is 1. The van der Waals surface area contributed by atoms with E-state index >= 15 is 0 Å². The monoisotopic (exact) mass is 287 g/mol. The molecule has 1 N–H and O–H groups in total. The van der Waals surface area contributed by atoms with Crippen LogP contribution in [0.25, 0.3) is 11.0 Å². The summed E-state index contributed by atoms with van der Waals surface area (Å²) in [6, 6.07) is 6.13. The number of nitrogens with zero attached hydrogens (tertiary/aromatic N) is 3. The number of aliphatic hydroxyl groups is 1. The molecule has 3 rings (SSSR count). The van der Waals surface area contributed by atoms with E-state index in [0.717, 1.165) is 42.1 Å². The summed E-state index contributed by atoms with van der Waals surface area (Å²) in [5, 5.41) is 10.5. The number of hydrogen-bond donors (Lipinski definition) is 1. The minimum absolute atomic E-state index is 0.421. The van der Waals surface area contributed by atoms with E-state index in [2.05, 4.69) is 20.5 Å². The Morgan fingerprint density at radius 1 is 1.19 bits per heavy atom. The van der Waals surface area contributed by atoms with Crippen molar-refractivity contribution in [1.82, 2.24) is 14.5 Å². The first-order valence-electron chi connectivity index (χ1n) is 7.98. The number of hydrogen-bond acceptors (Lipinski definition) is 3. The number of β-amino-alcohol motifs (C(OH)–C–C–N with tert-alkyl or cyclic N) is 1. The third-order valence-electron chi connectivity index (χ3n) is 4.64. The fraction of sp³-hybridized carbons (Fsp3) is 0.588. The van der Waals surface area contributed by atoms with Gasteiger partial charge in [0.05, 0.1) is 17.1 Å². The van der Waals surface area contributed by atoms with Crippen LogP contribution in [0, 0.1) is 6.92 Å². The van der Waals surface area contributed by atoms with Gasteiger partial charge in [-0.15, -0.1) is 0 Å². The SMILES string of the molecule is Cc1nc2cc(C(O)CN3CCCCCC3)ccc2n1C. The van der Waals surface area contributed by atoms with Crippen LogP contribution < -0.4 is 0 Å². The van der Waals surface area contributed by atoms with Gasteiger partial charge in [-0.3, -0.25) is 0 Å². The smallest absolute Gasteiger partial charge is 0.106 e. The Bertz CT molecular complexity index is 612. The molecule has 114 valence electrons. The third kappa shape index (κ3) is 3.11. The van der Waals surface area contributed by atoms with Crippen molar-refractivity contribution in [2.24, 2.45) is 7.05 Å². The van der Waals surface area contributed by atoms with Gasteiger partial charge in [0.2, 0.25) is 0 Å². The molecule has 0 spiro atoms. The molecule has 0 aliphatic carbocycles. The lowest BCUT2D eigenvalue weighted by Gasteiger charge is -2.23. The van der Waals surface area contributed by atoms with Crippen LogP contribution in [0.2, 0.25) is 0 Å². The molecule has 1 unspecified atom stereocenters. The second kappa shape index (κ2) is 6.16. The molecule has 2 heterocycles. The van der Waals surface area contributed by atoms with Crippen molar-refractivity contribution in [3.63, 3.8) is 0 Å². The fourth-order valence-electron chi connectivity index (χ4n) is 3.21. The van der Waals surface area contributed by atoms with E-state index in [0.29, 0.717) is 0 Å². The number of aromatic nitrogens is 2. The summed E-state index contributed by atoms with van der Waals surface area (Å²) in [5.74, 6) is 1.00. The molecule has 1 aromatic carbocycles. The van der Waals surface area contributed by atoms with Gasteiger partial charge in [0.15, 0.2) is 0 Å². The average Bonchev–Trinajstić information content (AvgIpc) is 2.67. The Morgan fingerprint density at radius 2 is 1.90 bits per heavy atom. The van der Waals surface area contributed by atoms with Crippen molar-refractivity contribution < 1.29 is 5.11 Å². The molecule has 4 heteroatoms. The first-order chi connectivity index (χ1) is 10.1. The first-order valence-corrected chi connectivity index (χ1v) is 7.98. The maximum absolute atomic E-state index is 10.5. The Morgan fingerprint density at radius 3 is 2.62 bits per heavy atom. The van der Waals surface area contributed by atoms with Crippen LogP contribution in [-0.4, -0.2) is 39.2 Å². The van der Waals surface area contributed by atoms with E-state index < -0.39 is 6.10 Å². The largest absolute Gasteiger partial charge is 0.387 e. The van der Waals surface area contributed by atoms with Crippen LogP contribution in [0.1, 0.15) is 43.2 Å². The lowest BCUT2D eigenvalue weighted by atomic mass is 10.1. The average molecular weight is 287 g/mol. The highest BCUT2D eigenvalue weighted by Gasteiger charge is 2.16. The van der Waals surface area contributed by atoms with Crippen LogP contribution in [0.4, 0.5) is 0 Å². The quantitative estimate of drug-likeness (QED) is 0.944. The zero-order chi connectivity index (χ0) is 14.8. The highest BCUT2D eigenvalue weighted by Crippen LogP contribution is 2.22. The predicted octanol–water partition coefficient (Wildman–Crippen LogP) is 2.79. The summed E-state index contributed by atoms with van der Waals surface area (Å²) >= 11 is 0. The van der Waals surface area contributed by atoms with Gasteiger partial charge >= 0.3 is 0 Å². The van der Waals surface area contributed by atoms with Gasteiger partial charge in [0, 0.05) is 13.6 Å². The molecule has 0 amide bonds. The van der Waals surface area contributed by atoms with Gasteiger partial charge in [0.25, 0.3) is 0 Å². The summed E-state index contributed by atoms with van der Waals surface area (Å²) in [5.41, 5.74) is 3.07.